The van der Waals surface area contributed by atoms with Crippen LogP contribution in [0.5, 0.6) is 0 Å². The summed E-state index contributed by atoms with van der Waals surface area (Å²) in [5, 5.41) is 4.48. The summed E-state index contributed by atoms with van der Waals surface area (Å²) in [5.74, 6) is -3.94. The van der Waals surface area contributed by atoms with Crippen molar-refractivity contribution >= 4 is 45.7 Å². The van der Waals surface area contributed by atoms with Crippen LogP contribution in [0.4, 0.5) is 14.0 Å². The third kappa shape index (κ3) is 9.46. The fourth-order valence-corrected chi connectivity index (χ4v) is 8.01. The molecule has 3 N–H and O–H groups in total. The summed E-state index contributed by atoms with van der Waals surface area (Å²) >= 11 is 0. The number of hydrogen-bond acceptors (Lipinski definition) is 10. The molecule has 0 bridgehead atoms. The van der Waals surface area contributed by atoms with Crippen LogP contribution in [0.2, 0.25) is 0 Å². The van der Waals surface area contributed by atoms with Crippen LogP contribution in [-0.4, -0.2) is 95.0 Å². The molecule has 1 aromatic rings. The SMILES string of the molecule is C=CC1CC1(NC(=O)C1CC(OC(=O)N2Cc3cccc(F)c3C2)CN1C(=O)C(CCC(=O)C=CCC)NC(=O)OC(C)(C)C)C(=O)NS(=O)(=O)C1CC1. The minimum atomic E-state index is -3.97. The van der Waals surface area contributed by atoms with Crippen LogP contribution in [-0.2, 0) is 51.8 Å². The summed E-state index contributed by atoms with van der Waals surface area (Å²) in [5.41, 5.74) is -1.64. The van der Waals surface area contributed by atoms with E-state index in [1.165, 1.54) is 29.2 Å². The highest BCUT2D eigenvalue weighted by Gasteiger charge is 2.62. The van der Waals surface area contributed by atoms with Gasteiger partial charge in [0.25, 0.3) is 5.91 Å². The Labute approximate surface area is 314 Å². The van der Waals surface area contributed by atoms with E-state index in [-0.39, 0.29) is 51.1 Å². The summed E-state index contributed by atoms with van der Waals surface area (Å²) in [4.78, 5) is 83.2. The lowest BCUT2D eigenvalue weighted by Gasteiger charge is -2.30. The van der Waals surface area contributed by atoms with Gasteiger partial charge in [0, 0.05) is 30.9 Å². The molecule has 54 heavy (non-hydrogen) atoms. The summed E-state index contributed by atoms with van der Waals surface area (Å²) in [7, 11) is -3.97. The number of benzene rings is 1. The van der Waals surface area contributed by atoms with Gasteiger partial charge in [-0.3, -0.25) is 28.8 Å². The Balaban J connectivity index is 1.39. The first-order chi connectivity index (χ1) is 25.4. The first-order valence-electron chi connectivity index (χ1n) is 18.1. The number of nitrogens with one attached hydrogen (secondary N) is 3. The number of ketones is 1. The molecular formula is C37H48FN5O10S. The zero-order chi connectivity index (χ0) is 39.6. The third-order valence-corrected chi connectivity index (χ3v) is 11.6. The maximum absolute atomic E-state index is 14.4. The van der Waals surface area contributed by atoms with Gasteiger partial charge in [-0.25, -0.2) is 22.4 Å². The summed E-state index contributed by atoms with van der Waals surface area (Å²) in [6.45, 7) is 10.2. The van der Waals surface area contributed by atoms with Gasteiger partial charge in [-0.15, -0.1) is 6.58 Å². The van der Waals surface area contributed by atoms with Crippen LogP contribution in [0.15, 0.2) is 43.0 Å². The highest BCUT2D eigenvalue weighted by atomic mass is 32.2. The van der Waals surface area contributed by atoms with E-state index in [2.05, 4.69) is 21.9 Å². The smallest absolute Gasteiger partial charge is 0.410 e. The minimum absolute atomic E-state index is 0.0488. The average molecular weight is 774 g/mol. The number of ether oxygens (including phenoxy) is 2. The molecular weight excluding hydrogens is 725 g/mol. The zero-order valence-electron chi connectivity index (χ0n) is 30.9. The molecule has 15 nitrogen and oxygen atoms in total. The predicted octanol–water partition coefficient (Wildman–Crippen LogP) is 3.13. The number of carbonyl (C=O) groups is 6. The molecule has 0 spiro atoms. The van der Waals surface area contributed by atoms with Crippen molar-refractivity contribution in [2.45, 2.75) is 120 Å². The van der Waals surface area contributed by atoms with Crippen molar-refractivity contribution in [2.24, 2.45) is 5.92 Å². The topological polar surface area (TPSA) is 198 Å². The van der Waals surface area contributed by atoms with Gasteiger partial charge >= 0.3 is 12.2 Å². The average Bonchev–Trinajstić information content (AvgIpc) is 3.98. The fourth-order valence-electron chi connectivity index (χ4n) is 6.65. The van der Waals surface area contributed by atoms with E-state index < -0.39 is 86.2 Å². The van der Waals surface area contributed by atoms with Crippen molar-refractivity contribution in [2.75, 3.05) is 6.54 Å². The quantitative estimate of drug-likeness (QED) is 0.187. The molecule has 0 aromatic heterocycles. The molecule has 5 amide bonds. The number of halogens is 1. The maximum atomic E-state index is 14.4. The second-order valence-corrected chi connectivity index (χ2v) is 17.1. The standard InChI is InChI=1S/C37H48FN5O10S/c1-6-8-11-24(44)13-16-29(39-34(48)53-36(3,4)5)32(46)43-20-25(52-35(49)42-19-22-10-9-12-28(38)27(22)21-42)17-30(43)31(45)40-37(18-23(37)7-2)33(47)41-54(50,51)26-14-15-26/h7-12,23,25-26,29-30H,2,6,13-21H2,1,3-5H3,(H,39,48)(H,40,45)(H,41,47). The van der Waals surface area contributed by atoms with Gasteiger partial charge < -0.3 is 25.0 Å². The maximum Gasteiger partial charge on any atom is 0.410 e. The van der Waals surface area contributed by atoms with Crippen LogP contribution in [0.3, 0.4) is 0 Å². The molecule has 5 rings (SSSR count). The van der Waals surface area contributed by atoms with Crippen molar-refractivity contribution < 1.29 is 51.0 Å². The number of likely N-dealkylation sites (tertiary alicyclic amines) is 1. The Morgan fingerprint density at radius 3 is 2.46 bits per heavy atom. The minimum Gasteiger partial charge on any atom is -0.444 e. The van der Waals surface area contributed by atoms with Gasteiger partial charge in [-0.2, -0.15) is 0 Å². The van der Waals surface area contributed by atoms with Crippen molar-refractivity contribution in [3.63, 3.8) is 0 Å². The van der Waals surface area contributed by atoms with E-state index in [1.807, 2.05) is 6.92 Å². The molecule has 1 aromatic carbocycles. The van der Waals surface area contributed by atoms with Crippen LogP contribution in [0.1, 0.15) is 83.8 Å². The van der Waals surface area contributed by atoms with Gasteiger partial charge in [0.1, 0.15) is 35.1 Å². The second kappa shape index (κ2) is 15.9. The predicted molar refractivity (Wildman–Crippen MR) is 192 cm³/mol. The summed E-state index contributed by atoms with van der Waals surface area (Å²) in [6, 6.07) is 1.80. The summed E-state index contributed by atoms with van der Waals surface area (Å²) < 4.78 is 53.0. The molecule has 0 radical (unpaired) electrons. The zero-order valence-corrected chi connectivity index (χ0v) is 31.7. The Kier molecular flexibility index (Phi) is 11.9. The molecule has 2 aliphatic carbocycles. The number of hydrogen-bond donors (Lipinski definition) is 3. The van der Waals surface area contributed by atoms with Crippen LogP contribution in [0, 0.1) is 11.7 Å². The molecule has 2 heterocycles. The molecule has 5 atom stereocenters. The molecule has 5 unspecified atom stereocenters. The number of alkyl carbamates (subject to hydrolysis) is 1. The molecule has 1 saturated heterocycles. The first kappa shape index (κ1) is 40.4. The van der Waals surface area contributed by atoms with Gasteiger partial charge in [-0.05, 0) is 70.6 Å². The number of nitrogens with zero attached hydrogens (tertiary/aromatic N) is 2. The Hall–Kier alpha value is -4.80. The highest BCUT2D eigenvalue weighted by molar-refractivity contribution is 7.91. The van der Waals surface area contributed by atoms with E-state index in [9.17, 15) is 41.6 Å². The van der Waals surface area contributed by atoms with Crippen molar-refractivity contribution in [1.82, 2.24) is 25.2 Å². The Morgan fingerprint density at radius 2 is 1.85 bits per heavy atom. The number of sulfonamides is 1. The van der Waals surface area contributed by atoms with Crippen LogP contribution >= 0.6 is 0 Å². The number of carbonyl (C=O) groups excluding carboxylic acids is 6. The van der Waals surface area contributed by atoms with E-state index in [0.29, 0.717) is 30.4 Å². The highest BCUT2D eigenvalue weighted by Crippen LogP contribution is 2.45. The van der Waals surface area contributed by atoms with E-state index in [1.54, 1.807) is 32.9 Å². The van der Waals surface area contributed by atoms with Crippen LogP contribution < -0.4 is 15.4 Å². The first-order valence-corrected chi connectivity index (χ1v) is 19.6. The Morgan fingerprint density at radius 1 is 1.13 bits per heavy atom. The van der Waals surface area contributed by atoms with Crippen molar-refractivity contribution in [3.8, 4) is 0 Å². The van der Waals surface area contributed by atoms with Crippen LogP contribution in [0.25, 0.3) is 0 Å². The molecule has 3 fully saturated rings. The molecule has 17 heteroatoms. The normalized spacial score (nSPS) is 24.0. The van der Waals surface area contributed by atoms with Crippen molar-refractivity contribution in [3.05, 3.63) is 60.0 Å². The molecule has 4 aliphatic rings. The van der Waals surface area contributed by atoms with E-state index in [0.717, 1.165) is 4.90 Å². The number of rotatable bonds is 14. The number of allylic oxidation sites excluding steroid dienone is 2. The van der Waals surface area contributed by atoms with E-state index >= 15 is 0 Å². The molecule has 2 aliphatic heterocycles. The lowest BCUT2D eigenvalue weighted by Crippen LogP contribution is -2.58. The third-order valence-electron chi connectivity index (χ3n) is 9.76. The van der Waals surface area contributed by atoms with E-state index in [4.69, 9.17) is 9.47 Å². The second-order valence-electron chi connectivity index (χ2n) is 15.2. The monoisotopic (exact) mass is 773 g/mol. The summed E-state index contributed by atoms with van der Waals surface area (Å²) in [6.07, 6.45) is 2.57. The van der Waals surface area contributed by atoms with Gasteiger partial charge in [0.15, 0.2) is 5.78 Å². The largest absolute Gasteiger partial charge is 0.444 e. The van der Waals surface area contributed by atoms with Gasteiger partial charge in [-0.1, -0.05) is 31.2 Å². The van der Waals surface area contributed by atoms with Gasteiger partial charge in [0.05, 0.1) is 18.3 Å². The van der Waals surface area contributed by atoms with Gasteiger partial charge in [0.2, 0.25) is 21.8 Å². The number of fused-ring (bicyclic) bond motifs is 1. The lowest BCUT2D eigenvalue weighted by molar-refractivity contribution is -0.141. The fraction of sp³-hybridized carbons (Fsp3) is 0.568. The van der Waals surface area contributed by atoms with Crippen molar-refractivity contribution in [1.29, 1.82) is 0 Å². The molecule has 2 saturated carbocycles. The Bertz CT molecular complexity index is 1840. The molecule has 294 valence electrons. The number of amides is 5. The lowest BCUT2D eigenvalue weighted by atomic mass is 10.1.